The van der Waals surface area contributed by atoms with E-state index in [9.17, 15) is 8.42 Å². The van der Waals surface area contributed by atoms with Crippen molar-refractivity contribution < 1.29 is 8.42 Å². The number of nitriles is 1. The Hall–Kier alpha value is -1.42. The highest BCUT2D eigenvalue weighted by molar-refractivity contribution is 7.89. The quantitative estimate of drug-likeness (QED) is 0.833. The summed E-state index contributed by atoms with van der Waals surface area (Å²) in [6, 6.07) is 7.77. The van der Waals surface area contributed by atoms with Gasteiger partial charge in [0.2, 0.25) is 10.0 Å². The van der Waals surface area contributed by atoms with Gasteiger partial charge in [0.1, 0.15) is 0 Å². The van der Waals surface area contributed by atoms with Crippen LogP contribution in [0.1, 0.15) is 32.8 Å². The van der Waals surface area contributed by atoms with Crippen LogP contribution in [0.3, 0.4) is 0 Å². The van der Waals surface area contributed by atoms with Crippen LogP contribution < -0.4 is 10.5 Å². The smallest absolute Gasteiger partial charge is 0.241 e. The summed E-state index contributed by atoms with van der Waals surface area (Å²) in [5, 5.41) is 8.72. The highest BCUT2D eigenvalue weighted by Gasteiger charge is 2.30. The number of sulfonamides is 1. The Labute approximate surface area is 120 Å². The van der Waals surface area contributed by atoms with Crippen LogP contribution in [0.5, 0.6) is 0 Å². The fraction of sp³-hybridized carbons (Fsp3) is 0.500. The predicted molar refractivity (Wildman–Crippen MR) is 78.4 cm³/mol. The molecule has 6 heteroatoms. The Morgan fingerprint density at radius 3 is 2.30 bits per heavy atom. The molecule has 3 N–H and O–H groups in total. The van der Waals surface area contributed by atoms with Gasteiger partial charge in [0.05, 0.1) is 16.5 Å². The molecule has 0 amide bonds. The summed E-state index contributed by atoms with van der Waals surface area (Å²) in [4.78, 5) is 0.139. The van der Waals surface area contributed by atoms with Gasteiger partial charge in [-0.3, -0.25) is 0 Å². The van der Waals surface area contributed by atoms with Gasteiger partial charge < -0.3 is 5.73 Å². The monoisotopic (exact) mass is 295 g/mol. The van der Waals surface area contributed by atoms with E-state index in [4.69, 9.17) is 11.0 Å². The van der Waals surface area contributed by atoms with Crippen LogP contribution >= 0.6 is 0 Å². The molecule has 110 valence electrons. The molecular weight excluding hydrogens is 274 g/mol. The highest BCUT2D eigenvalue weighted by Crippen LogP contribution is 2.19. The molecule has 5 nitrogen and oxygen atoms in total. The average molecular weight is 295 g/mol. The molecule has 0 aliphatic heterocycles. The van der Waals surface area contributed by atoms with E-state index in [2.05, 4.69) is 4.72 Å². The first kappa shape index (κ1) is 16.6. The van der Waals surface area contributed by atoms with Crippen molar-refractivity contribution in [3.05, 3.63) is 29.8 Å². The van der Waals surface area contributed by atoms with Gasteiger partial charge in [0, 0.05) is 12.1 Å². The fourth-order valence-corrected chi connectivity index (χ4v) is 3.59. The molecule has 0 fully saturated rings. The normalized spacial score (nSPS) is 14.8. The molecule has 0 aliphatic rings. The molecule has 0 aromatic heterocycles. The van der Waals surface area contributed by atoms with Crippen molar-refractivity contribution in [1.29, 1.82) is 5.26 Å². The molecule has 0 saturated heterocycles. The van der Waals surface area contributed by atoms with E-state index in [0.29, 0.717) is 17.9 Å². The van der Waals surface area contributed by atoms with Crippen LogP contribution in [0.25, 0.3) is 0 Å². The predicted octanol–water partition coefficient (Wildman–Crippen LogP) is 1.60. The molecule has 20 heavy (non-hydrogen) atoms. The van der Waals surface area contributed by atoms with Crippen LogP contribution in [-0.2, 0) is 10.0 Å². The van der Waals surface area contributed by atoms with Crippen molar-refractivity contribution in [3.63, 3.8) is 0 Å². The summed E-state index contributed by atoms with van der Waals surface area (Å²) < 4.78 is 27.3. The minimum atomic E-state index is -3.64. The number of nitrogens with one attached hydrogen (secondary N) is 1. The number of benzene rings is 1. The SMILES string of the molecule is CC(C)C[C@](C)(CN)NS(=O)(=O)c1ccc(C#N)cc1. The first-order valence-corrected chi connectivity index (χ1v) is 7.95. The van der Waals surface area contributed by atoms with Gasteiger partial charge in [-0.1, -0.05) is 13.8 Å². The van der Waals surface area contributed by atoms with Crippen molar-refractivity contribution in [2.45, 2.75) is 37.6 Å². The number of hydrogen-bond acceptors (Lipinski definition) is 4. The lowest BCUT2D eigenvalue weighted by Crippen LogP contribution is -2.51. The molecule has 0 unspecified atom stereocenters. The molecule has 0 saturated carbocycles. The molecule has 0 radical (unpaired) electrons. The lowest BCUT2D eigenvalue weighted by atomic mass is 9.92. The standard InChI is InChI=1S/C14H21N3O2S/c1-11(2)8-14(3,10-16)17-20(18,19)13-6-4-12(9-15)5-7-13/h4-7,11,17H,8,10,16H2,1-3H3/t14-/m1/s1. The summed E-state index contributed by atoms with van der Waals surface area (Å²) in [7, 11) is -3.64. The number of rotatable bonds is 6. The Bertz CT molecular complexity index is 588. The van der Waals surface area contributed by atoms with Gasteiger partial charge in [-0.25, -0.2) is 13.1 Å². The maximum atomic E-state index is 12.3. The van der Waals surface area contributed by atoms with Crippen molar-refractivity contribution >= 4 is 10.0 Å². The zero-order valence-corrected chi connectivity index (χ0v) is 12.9. The first-order chi connectivity index (χ1) is 9.22. The molecule has 0 heterocycles. The number of nitrogens with two attached hydrogens (primary N) is 1. The zero-order valence-electron chi connectivity index (χ0n) is 12.1. The fourth-order valence-electron chi connectivity index (χ4n) is 2.16. The minimum absolute atomic E-state index is 0.139. The van der Waals surface area contributed by atoms with Gasteiger partial charge in [0.25, 0.3) is 0 Å². The Morgan fingerprint density at radius 2 is 1.90 bits per heavy atom. The van der Waals surface area contributed by atoms with Crippen molar-refractivity contribution in [3.8, 4) is 6.07 Å². The minimum Gasteiger partial charge on any atom is -0.329 e. The molecule has 0 aliphatic carbocycles. The molecular formula is C14H21N3O2S. The molecule has 1 aromatic rings. The van der Waals surface area contributed by atoms with E-state index in [1.165, 1.54) is 24.3 Å². The van der Waals surface area contributed by atoms with Gasteiger partial charge in [0.15, 0.2) is 0 Å². The van der Waals surface area contributed by atoms with Crippen LogP contribution in [0.15, 0.2) is 29.2 Å². The average Bonchev–Trinajstić information content (AvgIpc) is 2.37. The van der Waals surface area contributed by atoms with Gasteiger partial charge in [-0.2, -0.15) is 5.26 Å². The van der Waals surface area contributed by atoms with E-state index in [0.717, 1.165) is 0 Å². The Morgan fingerprint density at radius 1 is 1.35 bits per heavy atom. The summed E-state index contributed by atoms with van der Waals surface area (Å²) in [6.07, 6.45) is 0.652. The topological polar surface area (TPSA) is 96.0 Å². The summed E-state index contributed by atoms with van der Waals surface area (Å²) in [5.74, 6) is 0.326. The third-order valence-corrected chi connectivity index (χ3v) is 4.64. The van der Waals surface area contributed by atoms with Crippen LogP contribution in [0, 0.1) is 17.2 Å². The third-order valence-electron chi connectivity index (χ3n) is 2.98. The second kappa shape index (κ2) is 6.35. The van der Waals surface area contributed by atoms with Crippen molar-refractivity contribution in [1.82, 2.24) is 4.72 Å². The Kier molecular flexibility index (Phi) is 5.28. The number of nitrogens with zero attached hydrogens (tertiary/aromatic N) is 1. The third kappa shape index (κ3) is 4.30. The van der Waals surface area contributed by atoms with Gasteiger partial charge in [-0.05, 0) is 43.5 Å². The van der Waals surface area contributed by atoms with Crippen molar-refractivity contribution in [2.24, 2.45) is 11.7 Å². The summed E-state index contributed by atoms with van der Waals surface area (Å²) in [6.45, 7) is 6.06. The second-order valence-electron chi connectivity index (χ2n) is 5.60. The van der Waals surface area contributed by atoms with Gasteiger partial charge in [-0.15, -0.1) is 0 Å². The zero-order chi connectivity index (χ0) is 15.4. The summed E-state index contributed by atoms with van der Waals surface area (Å²) >= 11 is 0. The van der Waals surface area contributed by atoms with E-state index >= 15 is 0 Å². The summed E-state index contributed by atoms with van der Waals surface area (Å²) in [5.41, 5.74) is 5.46. The van der Waals surface area contributed by atoms with E-state index < -0.39 is 15.6 Å². The molecule has 0 bridgehead atoms. The van der Waals surface area contributed by atoms with E-state index in [-0.39, 0.29) is 11.4 Å². The molecule has 1 aromatic carbocycles. The maximum Gasteiger partial charge on any atom is 0.241 e. The maximum absolute atomic E-state index is 12.3. The highest BCUT2D eigenvalue weighted by atomic mass is 32.2. The molecule has 1 atom stereocenters. The van der Waals surface area contributed by atoms with Crippen molar-refractivity contribution in [2.75, 3.05) is 6.54 Å². The number of hydrogen-bond donors (Lipinski definition) is 2. The Balaban J connectivity index is 3.01. The lowest BCUT2D eigenvalue weighted by Gasteiger charge is -2.30. The van der Waals surface area contributed by atoms with Gasteiger partial charge >= 0.3 is 0 Å². The molecule has 1 rings (SSSR count). The van der Waals surface area contributed by atoms with Crippen LogP contribution in [-0.4, -0.2) is 20.5 Å². The largest absolute Gasteiger partial charge is 0.329 e. The lowest BCUT2D eigenvalue weighted by molar-refractivity contribution is 0.344. The van der Waals surface area contributed by atoms with Crippen LogP contribution in [0.4, 0.5) is 0 Å². The second-order valence-corrected chi connectivity index (χ2v) is 7.29. The van der Waals surface area contributed by atoms with E-state index in [1.54, 1.807) is 6.92 Å². The van der Waals surface area contributed by atoms with Crippen LogP contribution in [0.2, 0.25) is 0 Å². The first-order valence-electron chi connectivity index (χ1n) is 6.46. The van der Waals surface area contributed by atoms with E-state index in [1.807, 2.05) is 19.9 Å². The molecule has 0 spiro atoms.